The van der Waals surface area contributed by atoms with Crippen LogP contribution < -0.4 is 16.6 Å². The molecule has 1 atom stereocenters. The summed E-state index contributed by atoms with van der Waals surface area (Å²) in [4.78, 5) is 38.7. The number of nitrogens with zero attached hydrogens (tertiary/aromatic N) is 4. The molecular formula is C21H20ClN5O4S. The number of carbonyl (C=O) groups excluding carboxylic acids is 1. The molecule has 1 fully saturated rings. The Balaban J connectivity index is 1.48. The Kier molecular flexibility index (Phi) is 5.58. The van der Waals surface area contributed by atoms with Crippen LogP contribution in [0, 0.1) is 0 Å². The van der Waals surface area contributed by atoms with E-state index in [4.69, 9.17) is 16.3 Å². The van der Waals surface area contributed by atoms with E-state index in [9.17, 15) is 14.4 Å². The van der Waals surface area contributed by atoms with Crippen LogP contribution in [0.2, 0.25) is 5.02 Å². The molecule has 1 amide bonds. The predicted molar refractivity (Wildman–Crippen MR) is 121 cm³/mol. The maximum atomic E-state index is 13.1. The maximum Gasteiger partial charge on any atom is 0.352 e. The van der Waals surface area contributed by atoms with Crippen LogP contribution in [0.4, 0.5) is 0 Å². The van der Waals surface area contributed by atoms with Crippen LogP contribution in [0.1, 0.15) is 18.4 Å². The van der Waals surface area contributed by atoms with Gasteiger partial charge in [-0.15, -0.1) is 16.4 Å². The zero-order chi connectivity index (χ0) is 22.2. The van der Waals surface area contributed by atoms with Crippen molar-refractivity contribution in [3.63, 3.8) is 0 Å². The van der Waals surface area contributed by atoms with Crippen molar-refractivity contribution in [1.29, 1.82) is 0 Å². The molecule has 1 aromatic carbocycles. The Bertz CT molecular complexity index is 1430. The summed E-state index contributed by atoms with van der Waals surface area (Å²) in [6.45, 7) is 0.930. The first-order valence-corrected chi connectivity index (χ1v) is 11.5. The van der Waals surface area contributed by atoms with E-state index in [0.29, 0.717) is 28.4 Å². The zero-order valence-electron chi connectivity index (χ0n) is 17.0. The number of hydrogen-bond donors (Lipinski definition) is 1. The van der Waals surface area contributed by atoms with Gasteiger partial charge >= 0.3 is 5.69 Å². The fourth-order valence-electron chi connectivity index (χ4n) is 3.92. The summed E-state index contributed by atoms with van der Waals surface area (Å²) >= 11 is 7.41. The molecule has 0 unspecified atom stereocenters. The van der Waals surface area contributed by atoms with Gasteiger partial charge in [0.15, 0.2) is 0 Å². The second kappa shape index (κ2) is 8.53. The summed E-state index contributed by atoms with van der Waals surface area (Å²) in [6.07, 6.45) is 1.67. The van der Waals surface area contributed by atoms with Gasteiger partial charge in [-0.3, -0.25) is 14.2 Å². The molecule has 4 aromatic rings. The lowest BCUT2D eigenvalue weighted by atomic mass is 10.2. The zero-order valence-corrected chi connectivity index (χ0v) is 18.6. The van der Waals surface area contributed by atoms with Crippen molar-refractivity contribution in [1.82, 2.24) is 24.1 Å². The molecule has 4 heterocycles. The summed E-state index contributed by atoms with van der Waals surface area (Å²) in [5.74, 6) is -0.176. The monoisotopic (exact) mass is 473 g/mol. The summed E-state index contributed by atoms with van der Waals surface area (Å²) < 4.78 is 10.1. The number of aromatic nitrogens is 4. The Morgan fingerprint density at radius 1 is 1.28 bits per heavy atom. The van der Waals surface area contributed by atoms with Crippen molar-refractivity contribution in [2.45, 2.75) is 38.6 Å². The number of ether oxygens (including phenoxy) is 1. The number of thiophene rings is 1. The largest absolute Gasteiger partial charge is 0.376 e. The van der Waals surface area contributed by atoms with Gasteiger partial charge in [0.25, 0.3) is 5.56 Å². The number of hydrogen-bond acceptors (Lipinski definition) is 6. The first-order valence-electron chi connectivity index (χ1n) is 10.2. The second-order valence-electron chi connectivity index (χ2n) is 7.63. The van der Waals surface area contributed by atoms with Crippen molar-refractivity contribution in [3.8, 4) is 0 Å². The smallest absolute Gasteiger partial charge is 0.352 e. The lowest BCUT2D eigenvalue weighted by molar-refractivity contribution is -0.122. The third kappa shape index (κ3) is 3.74. The molecule has 5 rings (SSSR count). The Labute approximate surface area is 190 Å². The van der Waals surface area contributed by atoms with Crippen LogP contribution in [0.3, 0.4) is 0 Å². The summed E-state index contributed by atoms with van der Waals surface area (Å²) in [6, 6.07) is 8.92. The van der Waals surface area contributed by atoms with E-state index in [1.54, 1.807) is 17.5 Å². The SMILES string of the molecule is O=C(Cn1nc2n(C[C@@H]3CCCO3)c(=O)c3sccc3n2c1=O)NCc1ccccc1Cl. The molecule has 1 N–H and O–H groups in total. The number of fused-ring (bicyclic) bond motifs is 3. The van der Waals surface area contributed by atoms with Gasteiger partial charge in [-0.25, -0.2) is 13.9 Å². The lowest BCUT2D eigenvalue weighted by Crippen LogP contribution is -2.32. The topological polar surface area (TPSA) is 99.6 Å². The van der Waals surface area contributed by atoms with E-state index >= 15 is 0 Å². The summed E-state index contributed by atoms with van der Waals surface area (Å²) in [5, 5.41) is 9.42. The highest BCUT2D eigenvalue weighted by atomic mass is 35.5. The molecular weight excluding hydrogens is 454 g/mol. The van der Waals surface area contributed by atoms with Crippen molar-refractivity contribution < 1.29 is 9.53 Å². The maximum absolute atomic E-state index is 13.1. The van der Waals surface area contributed by atoms with Gasteiger partial charge < -0.3 is 10.1 Å². The molecule has 11 heteroatoms. The molecule has 1 aliphatic heterocycles. The van der Waals surface area contributed by atoms with Crippen LogP contribution in [0.5, 0.6) is 0 Å². The number of rotatable bonds is 6. The number of nitrogens with one attached hydrogen (secondary N) is 1. The third-order valence-electron chi connectivity index (χ3n) is 5.53. The van der Waals surface area contributed by atoms with Gasteiger partial charge in [-0.05, 0) is 35.9 Å². The van der Waals surface area contributed by atoms with Crippen molar-refractivity contribution in [3.05, 3.63) is 67.1 Å². The minimum Gasteiger partial charge on any atom is -0.376 e. The Morgan fingerprint density at radius 2 is 2.12 bits per heavy atom. The molecule has 3 aromatic heterocycles. The summed E-state index contributed by atoms with van der Waals surface area (Å²) in [5.41, 5.74) is 0.581. The fourth-order valence-corrected chi connectivity index (χ4v) is 4.95. The van der Waals surface area contributed by atoms with Crippen LogP contribution in [-0.2, 0) is 29.2 Å². The van der Waals surface area contributed by atoms with E-state index in [2.05, 4.69) is 10.4 Å². The van der Waals surface area contributed by atoms with Gasteiger partial charge in [-0.2, -0.15) is 0 Å². The first-order chi connectivity index (χ1) is 15.5. The molecule has 32 heavy (non-hydrogen) atoms. The highest BCUT2D eigenvalue weighted by Gasteiger charge is 2.23. The van der Waals surface area contributed by atoms with Crippen molar-refractivity contribution in [2.24, 2.45) is 0 Å². The molecule has 9 nitrogen and oxygen atoms in total. The first kappa shape index (κ1) is 20.9. The van der Waals surface area contributed by atoms with E-state index in [1.165, 1.54) is 20.3 Å². The minimum absolute atomic E-state index is 0.104. The van der Waals surface area contributed by atoms with Gasteiger partial charge in [0, 0.05) is 18.2 Å². The van der Waals surface area contributed by atoms with Crippen LogP contribution >= 0.6 is 22.9 Å². The molecule has 1 aliphatic rings. The highest BCUT2D eigenvalue weighted by Crippen LogP contribution is 2.19. The summed E-state index contributed by atoms with van der Waals surface area (Å²) in [7, 11) is 0. The molecule has 0 spiro atoms. The van der Waals surface area contributed by atoms with E-state index in [1.807, 2.05) is 18.2 Å². The average Bonchev–Trinajstić information content (AvgIpc) is 3.52. The standard InChI is InChI=1S/C21H20ClN5O4S/c22-15-6-2-1-4-13(15)10-23-17(28)12-26-21(30)27-16-7-9-32-18(16)19(29)25(20(27)24-26)11-14-5-3-8-31-14/h1-2,4,6-7,9,14H,3,5,8,10-12H2,(H,23,28)/t14-/m0/s1. The van der Waals surface area contributed by atoms with Crippen LogP contribution in [0.15, 0.2) is 45.3 Å². The number of amides is 1. The lowest BCUT2D eigenvalue weighted by Gasteiger charge is -2.12. The quantitative estimate of drug-likeness (QED) is 0.462. The molecule has 0 saturated carbocycles. The minimum atomic E-state index is -0.475. The third-order valence-corrected chi connectivity index (χ3v) is 6.79. The Morgan fingerprint density at radius 3 is 2.91 bits per heavy atom. The second-order valence-corrected chi connectivity index (χ2v) is 8.95. The van der Waals surface area contributed by atoms with Gasteiger partial charge in [0.1, 0.15) is 11.2 Å². The van der Waals surface area contributed by atoms with Gasteiger partial charge in [0.05, 0.1) is 18.2 Å². The predicted octanol–water partition coefficient (Wildman–Crippen LogP) is 2.02. The average molecular weight is 474 g/mol. The molecule has 166 valence electrons. The van der Waals surface area contributed by atoms with E-state index < -0.39 is 5.69 Å². The molecule has 0 aliphatic carbocycles. The normalized spacial score (nSPS) is 16.2. The van der Waals surface area contributed by atoms with E-state index in [0.717, 1.165) is 23.1 Å². The molecule has 0 radical (unpaired) electrons. The fraction of sp³-hybridized carbons (Fsp3) is 0.333. The van der Waals surface area contributed by atoms with Crippen LogP contribution in [-0.4, -0.2) is 37.4 Å². The van der Waals surface area contributed by atoms with E-state index in [-0.39, 0.29) is 36.4 Å². The Hall–Kier alpha value is -2.95. The van der Waals surface area contributed by atoms with Crippen LogP contribution in [0.25, 0.3) is 16.0 Å². The van der Waals surface area contributed by atoms with Crippen molar-refractivity contribution >= 4 is 44.8 Å². The number of halogens is 1. The number of carbonyl (C=O) groups is 1. The number of benzene rings is 1. The van der Waals surface area contributed by atoms with Crippen molar-refractivity contribution in [2.75, 3.05) is 6.61 Å². The molecule has 1 saturated heterocycles. The van der Waals surface area contributed by atoms with Gasteiger partial charge in [-0.1, -0.05) is 29.8 Å². The highest BCUT2D eigenvalue weighted by molar-refractivity contribution is 7.17. The van der Waals surface area contributed by atoms with Gasteiger partial charge in [0.2, 0.25) is 11.7 Å². The molecule has 0 bridgehead atoms.